The fourth-order valence-electron chi connectivity index (χ4n) is 4.17. The zero-order chi connectivity index (χ0) is 27.8. The van der Waals surface area contributed by atoms with Crippen molar-refractivity contribution in [1.82, 2.24) is 35.8 Å². The SMILES string of the molecule is Cc1nccn1CC(=O)N[C@H]1CCCCNC(=O)c2coc(n2)[C@H](CC(C)C)NC(=O)[C@H]([C@@H](C)O)NC1=O. The third kappa shape index (κ3) is 7.88. The first-order valence-corrected chi connectivity index (χ1v) is 12.8. The van der Waals surface area contributed by atoms with Crippen molar-refractivity contribution < 1.29 is 28.7 Å². The molecule has 0 saturated carbocycles. The second kappa shape index (κ2) is 13.2. The predicted octanol–water partition coefficient (Wildman–Crippen LogP) is 0.347. The third-order valence-corrected chi connectivity index (χ3v) is 6.23. The molecule has 1 aliphatic rings. The molecule has 0 unspecified atom stereocenters. The lowest BCUT2D eigenvalue weighted by atomic mass is 10.0. The van der Waals surface area contributed by atoms with Crippen molar-refractivity contribution >= 4 is 23.6 Å². The number of carbonyl (C=O) groups excluding carboxylic acids is 4. The van der Waals surface area contributed by atoms with E-state index in [1.54, 1.807) is 23.9 Å². The van der Waals surface area contributed by atoms with Crippen LogP contribution in [0.15, 0.2) is 23.1 Å². The Kier molecular flexibility index (Phi) is 9.99. The lowest BCUT2D eigenvalue weighted by Crippen LogP contribution is -2.57. The van der Waals surface area contributed by atoms with Crippen molar-refractivity contribution in [2.75, 3.05) is 6.54 Å². The fraction of sp³-hybridized carbons (Fsp3) is 0.600. The van der Waals surface area contributed by atoms with Crippen molar-refractivity contribution in [3.63, 3.8) is 0 Å². The molecule has 0 spiro atoms. The van der Waals surface area contributed by atoms with Crippen LogP contribution in [-0.4, -0.2) is 68.0 Å². The van der Waals surface area contributed by atoms with Crippen LogP contribution >= 0.6 is 0 Å². The molecular formula is C25H37N7O6. The van der Waals surface area contributed by atoms with E-state index in [0.717, 1.165) is 0 Å². The van der Waals surface area contributed by atoms with Gasteiger partial charge in [0.25, 0.3) is 5.91 Å². The molecule has 0 radical (unpaired) electrons. The summed E-state index contributed by atoms with van der Waals surface area (Å²) in [5.41, 5.74) is 0.0930. The van der Waals surface area contributed by atoms with E-state index < -0.39 is 47.9 Å². The van der Waals surface area contributed by atoms with Gasteiger partial charge in [0.05, 0.1) is 6.10 Å². The maximum atomic E-state index is 13.2. The van der Waals surface area contributed by atoms with Crippen molar-refractivity contribution in [2.45, 2.75) is 84.2 Å². The largest absolute Gasteiger partial charge is 0.446 e. The molecule has 0 saturated heterocycles. The minimum atomic E-state index is -1.29. The average molecular weight is 532 g/mol. The molecule has 0 aromatic carbocycles. The number of hydrogen-bond donors (Lipinski definition) is 5. The van der Waals surface area contributed by atoms with Gasteiger partial charge in [0, 0.05) is 18.9 Å². The molecule has 4 atom stereocenters. The van der Waals surface area contributed by atoms with Gasteiger partial charge in [-0.15, -0.1) is 0 Å². The fourth-order valence-corrected chi connectivity index (χ4v) is 4.17. The normalized spacial score (nSPS) is 22.4. The standard InChI is InChI=1S/C25H37N7O6/c1-14(2)11-18-25-30-19(13-38-25)22(35)27-8-6-5-7-17(23(36)31-21(15(3)33)24(37)29-18)28-20(34)12-32-10-9-26-16(32)4/h9-10,13-15,17-18,21,33H,5-8,11-12H2,1-4H3,(H,27,35)(H,28,34)(H,29,37)(H,31,36)/t15-,17+,18+,21+/m1/s1. The lowest BCUT2D eigenvalue weighted by Gasteiger charge is -2.27. The molecular weight excluding hydrogens is 494 g/mol. The number of aliphatic hydroxyl groups is 1. The van der Waals surface area contributed by atoms with E-state index >= 15 is 0 Å². The van der Waals surface area contributed by atoms with Gasteiger partial charge in [-0.2, -0.15) is 0 Å². The zero-order valence-corrected chi connectivity index (χ0v) is 22.2. The van der Waals surface area contributed by atoms with Gasteiger partial charge < -0.3 is 35.4 Å². The van der Waals surface area contributed by atoms with E-state index in [0.29, 0.717) is 31.6 Å². The van der Waals surface area contributed by atoms with Gasteiger partial charge in [-0.05, 0) is 45.4 Å². The van der Waals surface area contributed by atoms with Gasteiger partial charge in [-0.1, -0.05) is 13.8 Å². The van der Waals surface area contributed by atoms with Crippen LogP contribution in [0.1, 0.15) is 74.7 Å². The number of rotatable bonds is 6. The van der Waals surface area contributed by atoms with Crippen LogP contribution < -0.4 is 21.3 Å². The highest BCUT2D eigenvalue weighted by Crippen LogP contribution is 2.21. The molecule has 4 amide bonds. The maximum Gasteiger partial charge on any atom is 0.273 e. The zero-order valence-electron chi connectivity index (χ0n) is 22.2. The monoisotopic (exact) mass is 531 g/mol. The maximum absolute atomic E-state index is 13.2. The summed E-state index contributed by atoms with van der Waals surface area (Å²) in [5.74, 6) is -1.12. The predicted molar refractivity (Wildman–Crippen MR) is 136 cm³/mol. The van der Waals surface area contributed by atoms with E-state index in [1.807, 2.05) is 13.8 Å². The minimum absolute atomic E-state index is 0.0277. The topological polar surface area (TPSA) is 180 Å². The van der Waals surface area contributed by atoms with Gasteiger partial charge in [-0.3, -0.25) is 19.2 Å². The van der Waals surface area contributed by atoms with Crippen LogP contribution in [0.4, 0.5) is 0 Å². The first-order valence-electron chi connectivity index (χ1n) is 12.8. The highest BCUT2D eigenvalue weighted by Gasteiger charge is 2.32. The molecule has 38 heavy (non-hydrogen) atoms. The summed E-state index contributed by atoms with van der Waals surface area (Å²) in [7, 11) is 0. The van der Waals surface area contributed by atoms with E-state index in [4.69, 9.17) is 4.42 Å². The number of aryl methyl sites for hydroxylation is 1. The Morgan fingerprint density at radius 3 is 2.63 bits per heavy atom. The summed E-state index contributed by atoms with van der Waals surface area (Å²) in [5, 5.41) is 21.2. The van der Waals surface area contributed by atoms with Gasteiger partial charge in [0.2, 0.25) is 23.6 Å². The summed E-state index contributed by atoms with van der Waals surface area (Å²) >= 11 is 0. The molecule has 3 heterocycles. The summed E-state index contributed by atoms with van der Waals surface area (Å²) in [6.45, 7) is 7.36. The van der Waals surface area contributed by atoms with Crippen LogP contribution in [0.2, 0.25) is 0 Å². The van der Waals surface area contributed by atoms with E-state index in [9.17, 15) is 24.3 Å². The molecule has 2 bridgehead atoms. The Balaban J connectivity index is 1.83. The molecule has 0 aliphatic carbocycles. The Hall–Kier alpha value is -3.74. The van der Waals surface area contributed by atoms with Gasteiger partial charge in [0.1, 0.15) is 36.8 Å². The Morgan fingerprint density at radius 1 is 1.21 bits per heavy atom. The molecule has 208 valence electrons. The molecule has 3 rings (SSSR count). The number of aliphatic hydroxyl groups excluding tert-OH is 1. The number of imidazole rings is 1. The van der Waals surface area contributed by atoms with E-state index in [1.165, 1.54) is 13.2 Å². The van der Waals surface area contributed by atoms with Crippen molar-refractivity contribution in [3.8, 4) is 0 Å². The van der Waals surface area contributed by atoms with Gasteiger partial charge in [0.15, 0.2) is 5.69 Å². The molecule has 0 fully saturated rings. The van der Waals surface area contributed by atoms with Crippen molar-refractivity contribution in [3.05, 3.63) is 36.1 Å². The van der Waals surface area contributed by atoms with Crippen LogP contribution in [-0.2, 0) is 20.9 Å². The number of oxazole rings is 1. The number of aromatic nitrogens is 3. The summed E-state index contributed by atoms with van der Waals surface area (Å²) in [6, 6.07) is -2.94. The van der Waals surface area contributed by atoms with Crippen LogP contribution in [0, 0.1) is 12.8 Å². The van der Waals surface area contributed by atoms with Crippen LogP contribution in [0.3, 0.4) is 0 Å². The van der Waals surface area contributed by atoms with E-state index in [2.05, 4.69) is 31.2 Å². The number of fused-ring (bicyclic) bond motifs is 2. The number of nitrogens with zero attached hydrogens (tertiary/aromatic N) is 3. The van der Waals surface area contributed by atoms with E-state index in [-0.39, 0.29) is 30.5 Å². The summed E-state index contributed by atoms with van der Waals surface area (Å²) in [6.07, 6.45) is 4.98. The lowest BCUT2D eigenvalue weighted by molar-refractivity contribution is -0.134. The minimum Gasteiger partial charge on any atom is -0.446 e. The molecule has 13 heteroatoms. The highest BCUT2D eigenvalue weighted by molar-refractivity contribution is 5.93. The summed E-state index contributed by atoms with van der Waals surface area (Å²) < 4.78 is 7.16. The smallest absolute Gasteiger partial charge is 0.273 e. The second-order valence-corrected chi connectivity index (χ2v) is 9.96. The molecule has 5 N–H and O–H groups in total. The second-order valence-electron chi connectivity index (χ2n) is 9.96. The average Bonchev–Trinajstić information content (AvgIpc) is 3.49. The van der Waals surface area contributed by atoms with Crippen molar-refractivity contribution in [1.29, 1.82) is 0 Å². The number of amides is 4. The Morgan fingerprint density at radius 2 is 1.97 bits per heavy atom. The Bertz CT molecular complexity index is 1130. The summed E-state index contributed by atoms with van der Waals surface area (Å²) in [4.78, 5) is 60.1. The number of carbonyl (C=O) groups is 4. The van der Waals surface area contributed by atoms with Crippen molar-refractivity contribution in [2.24, 2.45) is 5.92 Å². The van der Waals surface area contributed by atoms with Crippen LogP contribution in [0.25, 0.3) is 0 Å². The quantitative estimate of drug-likeness (QED) is 0.354. The molecule has 2 aromatic heterocycles. The Labute approximate surface area is 221 Å². The third-order valence-electron chi connectivity index (χ3n) is 6.23. The molecule has 1 aliphatic heterocycles. The number of hydrogen-bond acceptors (Lipinski definition) is 8. The van der Waals surface area contributed by atoms with Crippen LogP contribution in [0.5, 0.6) is 0 Å². The first-order chi connectivity index (χ1) is 18.0. The highest BCUT2D eigenvalue weighted by atomic mass is 16.3. The first kappa shape index (κ1) is 28.8. The molecule has 2 aromatic rings. The van der Waals surface area contributed by atoms with Gasteiger partial charge in [-0.25, -0.2) is 9.97 Å². The number of nitrogens with one attached hydrogen (secondary N) is 4. The molecule has 13 nitrogen and oxygen atoms in total. The van der Waals surface area contributed by atoms with Gasteiger partial charge >= 0.3 is 0 Å².